The van der Waals surface area contributed by atoms with Crippen LogP contribution >= 0.6 is 0 Å². The highest BCUT2D eigenvalue weighted by Crippen LogP contribution is 2.43. The van der Waals surface area contributed by atoms with Gasteiger partial charge in [-0.1, -0.05) is 17.7 Å². The number of amides is 3. The van der Waals surface area contributed by atoms with Crippen LogP contribution in [0, 0.1) is 30.1 Å². The molecule has 3 amide bonds. The summed E-state index contributed by atoms with van der Waals surface area (Å²) >= 11 is 0. The Bertz CT molecular complexity index is 1080. The lowest BCUT2D eigenvalue weighted by atomic mass is 9.98. The number of hydrogen-bond donors (Lipinski definition) is 2. The summed E-state index contributed by atoms with van der Waals surface area (Å²) in [7, 11) is -0.435. The van der Waals surface area contributed by atoms with E-state index in [1.54, 1.807) is 36.0 Å². The molecule has 3 aliphatic rings. The van der Waals surface area contributed by atoms with E-state index < -0.39 is 10.1 Å². The van der Waals surface area contributed by atoms with E-state index >= 15 is 0 Å². The van der Waals surface area contributed by atoms with Gasteiger partial charge in [0.2, 0.25) is 5.91 Å². The van der Waals surface area contributed by atoms with E-state index in [0.29, 0.717) is 24.9 Å². The lowest BCUT2D eigenvalue weighted by Gasteiger charge is -2.30. The number of carbonyl (C=O) groups excluding carboxylic acids is 2. The second-order valence-electron chi connectivity index (χ2n) is 10.6. The van der Waals surface area contributed by atoms with Gasteiger partial charge in [0, 0.05) is 39.3 Å². The van der Waals surface area contributed by atoms with Gasteiger partial charge in [-0.25, -0.2) is 4.79 Å². The number of nitriles is 1. The van der Waals surface area contributed by atoms with Gasteiger partial charge in [0.25, 0.3) is 10.1 Å². The zero-order valence-corrected chi connectivity index (χ0v) is 22.3. The van der Waals surface area contributed by atoms with Crippen molar-refractivity contribution in [3.05, 3.63) is 29.8 Å². The van der Waals surface area contributed by atoms with Crippen molar-refractivity contribution in [1.29, 1.82) is 5.26 Å². The van der Waals surface area contributed by atoms with Crippen molar-refractivity contribution in [3.8, 4) is 6.07 Å². The van der Waals surface area contributed by atoms with E-state index in [0.717, 1.165) is 44.3 Å². The first-order valence-corrected chi connectivity index (χ1v) is 13.7. The minimum atomic E-state index is -4.02. The third-order valence-corrected chi connectivity index (χ3v) is 8.23. The quantitative estimate of drug-likeness (QED) is 0.582. The van der Waals surface area contributed by atoms with E-state index in [2.05, 4.69) is 18.3 Å². The number of aryl methyl sites for hydroxylation is 1. The second-order valence-corrected chi connectivity index (χ2v) is 12.0. The monoisotopic (exact) mass is 519 g/mol. The number of benzene rings is 1. The Labute approximate surface area is 214 Å². The molecular formula is C25H37N5O5S. The van der Waals surface area contributed by atoms with Crippen molar-refractivity contribution < 1.29 is 22.6 Å². The fourth-order valence-electron chi connectivity index (χ4n) is 5.53. The van der Waals surface area contributed by atoms with Crippen molar-refractivity contribution in [2.45, 2.75) is 56.0 Å². The van der Waals surface area contributed by atoms with Gasteiger partial charge < -0.3 is 20.0 Å². The van der Waals surface area contributed by atoms with Gasteiger partial charge >= 0.3 is 6.03 Å². The lowest BCUT2D eigenvalue weighted by Crippen LogP contribution is -2.48. The standard InChI is InChI=1S/C18H29N5O2.C7H8O3S/c1-18(20-10-16(24)23-6-4-5-15(23)9-19)7-13-11-22(12-14(13)8-18)17(25)21(2)3;1-6-2-4-7(5-3-6)11(8,9)10/h13-15,20H,4-8,10-12H2,1-3H3;2-5H,1H3,(H,8,9,10)/t13?,14?,15-,18?;/m0./s1. The van der Waals surface area contributed by atoms with E-state index in [9.17, 15) is 18.0 Å². The van der Waals surface area contributed by atoms with E-state index in [1.807, 2.05) is 11.8 Å². The number of hydrogen-bond acceptors (Lipinski definition) is 6. The first-order valence-electron chi connectivity index (χ1n) is 12.3. The SMILES string of the molecule is CN(C)C(=O)N1CC2CC(C)(NCC(=O)N3CCC[C@H]3C#N)CC2C1.Cc1ccc(S(=O)(=O)O)cc1. The minimum Gasteiger partial charge on any atom is -0.331 e. The van der Waals surface area contributed by atoms with Crippen LogP contribution in [-0.2, 0) is 14.9 Å². The smallest absolute Gasteiger partial charge is 0.319 e. The first kappa shape index (κ1) is 27.9. The predicted octanol–water partition coefficient (Wildman–Crippen LogP) is 2.11. The zero-order valence-electron chi connectivity index (χ0n) is 21.5. The molecule has 0 aromatic heterocycles. The molecular weight excluding hydrogens is 482 g/mol. The van der Waals surface area contributed by atoms with Crippen molar-refractivity contribution >= 4 is 22.1 Å². The van der Waals surface area contributed by atoms with Crippen molar-refractivity contribution in [1.82, 2.24) is 20.0 Å². The molecule has 1 aliphatic carbocycles. The maximum absolute atomic E-state index is 12.4. The summed E-state index contributed by atoms with van der Waals surface area (Å²) in [6.07, 6.45) is 3.69. The molecule has 2 saturated heterocycles. The minimum absolute atomic E-state index is 0.0340. The fourth-order valence-corrected chi connectivity index (χ4v) is 6.01. The molecule has 1 aromatic carbocycles. The van der Waals surface area contributed by atoms with Crippen LogP contribution in [0.25, 0.3) is 0 Å². The summed E-state index contributed by atoms with van der Waals surface area (Å²) in [4.78, 5) is 29.8. The van der Waals surface area contributed by atoms with Crippen LogP contribution in [0.1, 0.15) is 38.2 Å². The second kappa shape index (κ2) is 11.2. The molecule has 0 radical (unpaired) electrons. The first-order chi connectivity index (χ1) is 16.8. The Hall–Kier alpha value is -2.68. The average molecular weight is 520 g/mol. The third-order valence-electron chi connectivity index (χ3n) is 7.36. The van der Waals surface area contributed by atoms with Gasteiger partial charge in [-0.2, -0.15) is 13.7 Å². The van der Waals surface area contributed by atoms with Gasteiger partial charge in [0.1, 0.15) is 6.04 Å². The largest absolute Gasteiger partial charge is 0.331 e. The number of likely N-dealkylation sites (tertiary alicyclic amines) is 2. The Morgan fingerprint density at radius 3 is 2.28 bits per heavy atom. The van der Waals surface area contributed by atoms with Gasteiger partial charge in [0.15, 0.2) is 0 Å². The van der Waals surface area contributed by atoms with Crippen LogP contribution in [0.5, 0.6) is 0 Å². The Morgan fingerprint density at radius 2 is 1.78 bits per heavy atom. The highest BCUT2D eigenvalue weighted by Gasteiger charge is 2.48. The summed E-state index contributed by atoms with van der Waals surface area (Å²) < 4.78 is 29.6. The molecule has 4 rings (SSSR count). The number of carbonyl (C=O) groups is 2. The van der Waals surface area contributed by atoms with Crippen LogP contribution in [0.3, 0.4) is 0 Å². The van der Waals surface area contributed by atoms with Crippen molar-refractivity contribution in [2.24, 2.45) is 11.8 Å². The van der Waals surface area contributed by atoms with Gasteiger partial charge in [0.05, 0.1) is 17.5 Å². The Kier molecular flexibility index (Phi) is 8.64. The summed E-state index contributed by atoms with van der Waals surface area (Å²) in [6.45, 7) is 6.65. The Balaban J connectivity index is 0.000000275. The van der Waals surface area contributed by atoms with Crippen LogP contribution < -0.4 is 5.32 Å². The summed E-state index contributed by atoms with van der Waals surface area (Å²) in [5.74, 6) is 1.05. The molecule has 10 nitrogen and oxygen atoms in total. The molecule has 2 heterocycles. The molecule has 3 fully saturated rings. The molecule has 2 N–H and O–H groups in total. The maximum Gasteiger partial charge on any atom is 0.319 e. The highest BCUT2D eigenvalue weighted by atomic mass is 32.2. The van der Waals surface area contributed by atoms with Gasteiger partial charge in [-0.3, -0.25) is 9.35 Å². The van der Waals surface area contributed by atoms with E-state index in [4.69, 9.17) is 9.81 Å². The molecule has 0 spiro atoms. The van der Waals surface area contributed by atoms with Crippen LogP contribution in [0.15, 0.2) is 29.2 Å². The number of rotatable bonds is 4. The highest BCUT2D eigenvalue weighted by molar-refractivity contribution is 7.85. The molecule has 36 heavy (non-hydrogen) atoms. The molecule has 1 saturated carbocycles. The zero-order chi connectivity index (χ0) is 26.7. The normalized spacial score (nSPS) is 27.2. The molecule has 2 aliphatic heterocycles. The van der Waals surface area contributed by atoms with Crippen molar-refractivity contribution in [2.75, 3.05) is 40.3 Å². The fraction of sp³-hybridized carbons (Fsp3) is 0.640. The number of fused-ring (bicyclic) bond motifs is 1. The summed E-state index contributed by atoms with van der Waals surface area (Å²) in [6, 6.07) is 8.05. The number of nitrogens with one attached hydrogen (secondary N) is 1. The topological polar surface area (TPSA) is 134 Å². The van der Waals surface area contributed by atoms with E-state index in [1.165, 1.54) is 12.1 Å². The third kappa shape index (κ3) is 6.75. The summed E-state index contributed by atoms with van der Waals surface area (Å²) in [5, 5.41) is 12.6. The number of nitrogens with zero attached hydrogens (tertiary/aromatic N) is 4. The maximum atomic E-state index is 12.4. The Morgan fingerprint density at radius 1 is 1.19 bits per heavy atom. The van der Waals surface area contributed by atoms with Crippen LogP contribution in [0.4, 0.5) is 4.79 Å². The molecule has 11 heteroatoms. The molecule has 198 valence electrons. The van der Waals surface area contributed by atoms with Crippen LogP contribution in [-0.4, -0.2) is 91.5 Å². The number of urea groups is 1. The predicted molar refractivity (Wildman–Crippen MR) is 135 cm³/mol. The van der Waals surface area contributed by atoms with Gasteiger partial charge in [-0.05, 0) is 63.5 Å². The molecule has 1 aromatic rings. The molecule has 2 unspecified atom stereocenters. The summed E-state index contributed by atoms with van der Waals surface area (Å²) in [5.41, 5.74) is 0.900. The van der Waals surface area contributed by atoms with Crippen LogP contribution in [0.2, 0.25) is 0 Å². The lowest BCUT2D eigenvalue weighted by molar-refractivity contribution is -0.130. The molecule has 0 bridgehead atoms. The molecule has 3 atom stereocenters. The van der Waals surface area contributed by atoms with Gasteiger partial charge in [-0.15, -0.1) is 0 Å². The average Bonchev–Trinajstić information content (AvgIpc) is 3.50. The van der Waals surface area contributed by atoms with Crippen molar-refractivity contribution in [3.63, 3.8) is 0 Å². The van der Waals surface area contributed by atoms with E-state index in [-0.39, 0.29) is 28.4 Å².